The Morgan fingerprint density at radius 3 is 2.41 bits per heavy atom. The second-order valence-corrected chi connectivity index (χ2v) is 4.93. The molecule has 0 saturated heterocycles. The summed E-state index contributed by atoms with van der Waals surface area (Å²) in [5, 5.41) is 0. The summed E-state index contributed by atoms with van der Waals surface area (Å²) < 4.78 is 44.7. The summed E-state index contributed by atoms with van der Waals surface area (Å²) in [6, 6.07) is 0. The Labute approximate surface area is 104 Å². The summed E-state index contributed by atoms with van der Waals surface area (Å²) in [4.78, 5) is 0. The van der Waals surface area contributed by atoms with Crippen LogP contribution in [0, 0.1) is 5.41 Å². The molecule has 5 heteroatoms. The predicted octanol–water partition coefficient (Wildman–Crippen LogP) is 4.43. The molecule has 0 fully saturated rings. The van der Waals surface area contributed by atoms with Gasteiger partial charge in [-0.2, -0.15) is 13.2 Å². The Morgan fingerprint density at radius 2 is 2.00 bits per heavy atom. The Balaban J connectivity index is 3.10. The van der Waals surface area contributed by atoms with Gasteiger partial charge in [0.25, 0.3) is 0 Å². The molecule has 1 aliphatic carbocycles. The fraction of sp³-hybridized carbons (Fsp3) is 0.667. The van der Waals surface area contributed by atoms with Gasteiger partial charge in [0, 0.05) is 5.88 Å². The molecule has 17 heavy (non-hydrogen) atoms. The molecular formula is C12H16ClF3O. The zero-order chi connectivity index (χ0) is 13.3. The minimum atomic E-state index is -4.35. The summed E-state index contributed by atoms with van der Waals surface area (Å²) in [5.74, 6) is 0.0748. The highest BCUT2D eigenvalue weighted by Gasteiger charge is 2.55. The lowest BCUT2D eigenvalue weighted by Crippen LogP contribution is -2.40. The van der Waals surface area contributed by atoms with E-state index in [1.54, 1.807) is 19.9 Å². The van der Waals surface area contributed by atoms with Crippen LogP contribution in [0.15, 0.2) is 23.5 Å². The van der Waals surface area contributed by atoms with Crippen molar-refractivity contribution in [2.45, 2.75) is 39.5 Å². The van der Waals surface area contributed by atoms with Crippen molar-refractivity contribution >= 4 is 11.6 Å². The van der Waals surface area contributed by atoms with Crippen LogP contribution >= 0.6 is 11.6 Å². The predicted molar refractivity (Wildman–Crippen MR) is 61.9 cm³/mol. The van der Waals surface area contributed by atoms with Crippen molar-refractivity contribution in [3.05, 3.63) is 23.5 Å². The molecule has 1 rings (SSSR count). The van der Waals surface area contributed by atoms with Gasteiger partial charge < -0.3 is 4.74 Å². The normalized spacial score (nSPS) is 25.6. The van der Waals surface area contributed by atoms with Crippen LogP contribution in [0.1, 0.15) is 27.2 Å². The van der Waals surface area contributed by atoms with Crippen molar-refractivity contribution in [3.8, 4) is 0 Å². The van der Waals surface area contributed by atoms with Gasteiger partial charge in [0.2, 0.25) is 0 Å². The molecule has 0 amide bonds. The van der Waals surface area contributed by atoms with Crippen molar-refractivity contribution in [3.63, 3.8) is 0 Å². The van der Waals surface area contributed by atoms with Crippen LogP contribution in [0.25, 0.3) is 0 Å². The van der Waals surface area contributed by atoms with Gasteiger partial charge in [0.1, 0.15) is 11.2 Å². The van der Waals surface area contributed by atoms with E-state index in [1.165, 1.54) is 6.08 Å². The molecule has 1 nitrogen and oxygen atoms in total. The summed E-state index contributed by atoms with van der Waals surface area (Å²) in [6.45, 7) is 4.57. The van der Waals surface area contributed by atoms with Crippen molar-refractivity contribution in [1.29, 1.82) is 0 Å². The first-order valence-corrected chi connectivity index (χ1v) is 5.93. The van der Waals surface area contributed by atoms with E-state index in [-0.39, 0.29) is 24.2 Å². The highest BCUT2D eigenvalue weighted by molar-refractivity contribution is 6.19. The fourth-order valence-corrected chi connectivity index (χ4v) is 1.92. The number of allylic oxidation sites excluding steroid dienone is 4. The number of rotatable bonds is 3. The van der Waals surface area contributed by atoms with Crippen LogP contribution in [0.5, 0.6) is 0 Å². The fourth-order valence-electron chi connectivity index (χ4n) is 1.73. The lowest BCUT2D eigenvalue weighted by molar-refractivity contribution is -0.217. The van der Waals surface area contributed by atoms with Crippen molar-refractivity contribution in [1.82, 2.24) is 0 Å². The Hall–Kier alpha value is -0.640. The molecule has 0 N–H and O–H groups in total. The van der Waals surface area contributed by atoms with Gasteiger partial charge in [-0.05, 0) is 33.3 Å². The number of alkyl halides is 4. The number of hydrogen-bond donors (Lipinski definition) is 0. The van der Waals surface area contributed by atoms with Gasteiger partial charge in [0.15, 0.2) is 0 Å². The highest BCUT2D eigenvalue weighted by atomic mass is 35.5. The second-order valence-electron chi connectivity index (χ2n) is 4.66. The van der Waals surface area contributed by atoms with E-state index in [4.69, 9.17) is 16.3 Å². The van der Waals surface area contributed by atoms with Gasteiger partial charge in [-0.25, -0.2) is 0 Å². The molecule has 0 aromatic heterocycles. The minimum Gasteiger partial charge on any atom is -0.494 e. The largest absolute Gasteiger partial charge is 0.494 e. The highest BCUT2D eigenvalue weighted by Crippen LogP contribution is 2.50. The number of ether oxygens (including phenoxy) is 1. The summed E-state index contributed by atoms with van der Waals surface area (Å²) >= 11 is 5.61. The first kappa shape index (κ1) is 14.4. The van der Waals surface area contributed by atoms with E-state index in [0.29, 0.717) is 5.57 Å². The standard InChI is InChI=1S/C12H16ClF3O/c1-8(2)17-10-5-4-9(7-13)6-11(10,3)12(14,15)16/h4-5,8H,6-7H2,1-3H3. The Kier molecular flexibility index (Phi) is 4.18. The van der Waals surface area contributed by atoms with E-state index in [1.807, 2.05) is 0 Å². The first-order valence-electron chi connectivity index (χ1n) is 5.40. The van der Waals surface area contributed by atoms with Crippen LogP contribution in [0.2, 0.25) is 0 Å². The van der Waals surface area contributed by atoms with Gasteiger partial charge in [0.05, 0.1) is 6.10 Å². The molecular weight excluding hydrogens is 253 g/mol. The molecule has 0 aliphatic heterocycles. The first-order chi connectivity index (χ1) is 7.70. The van der Waals surface area contributed by atoms with Crippen molar-refractivity contribution in [2.75, 3.05) is 5.88 Å². The third-order valence-corrected chi connectivity index (χ3v) is 3.10. The maximum atomic E-state index is 13.1. The monoisotopic (exact) mass is 268 g/mol. The van der Waals surface area contributed by atoms with E-state index in [0.717, 1.165) is 6.92 Å². The molecule has 1 unspecified atom stereocenters. The Morgan fingerprint density at radius 1 is 1.41 bits per heavy atom. The zero-order valence-corrected chi connectivity index (χ0v) is 10.8. The van der Waals surface area contributed by atoms with Crippen LogP contribution < -0.4 is 0 Å². The molecule has 0 spiro atoms. The molecule has 98 valence electrons. The van der Waals surface area contributed by atoms with E-state index < -0.39 is 11.6 Å². The quantitative estimate of drug-likeness (QED) is 0.688. The van der Waals surface area contributed by atoms with Crippen LogP contribution in [0.3, 0.4) is 0 Å². The zero-order valence-electron chi connectivity index (χ0n) is 10.1. The lowest BCUT2D eigenvalue weighted by atomic mass is 9.78. The van der Waals surface area contributed by atoms with Gasteiger partial charge >= 0.3 is 6.18 Å². The molecule has 0 radical (unpaired) electrons. The number of hydrogen-bond acceptors (Lipinski definition) is 1. The topological polar surface area (TPSA) is 9.23 Å². The summed E-state index contributed by atoms with van der Waals surface area (Å²) in [5.41, 5.74) is -1.40. The molecule has 1 atom stereocenters. The van der Waals surface area contributed by atoms with E-state index in [2.05, 4.69) is 0 Å². The summed E-state index contributed by atoms with van der Waals surface area (Å²) in [7, 11) is 0. The average Bonchev–Trinajstić information content (AvgIpc) is 2.19. The third-order valence-electron chi connectivity index (χ3n) is 2.75. The number of halogens is 4. The smallest absolute Gasteiger partial charge is 0.401 e. The summed E-state index contributed by atoms with van der Waals surface area (Å²) in [6.07, 6.45) is -1.78. The van der Waals surface area contributed by atoms with Gasteiger partial charge in [-0.15, -0.1) is 11.6 Å². The second kappa shape index (κ2) is 4.92. The molecule has 1 aliphatic rings. The van der Waals surface area contributed by atoms with E-state index in [9.17, 15) is 13.2 Å². The maximum absolute atomic E-state index is 13.1. The maximum Gasteiger partial charge on any atom is 0.401 e. The lowest BCUT2D eigenvalue weighted by Gasteiger charge is -2.37. The SMILES string of the molecule is CC(C)OC1=CC=C(CCl)CC1(C)C(F)(F)F. The molecule has 0 bridgehead atoms. The average molecular weight is 269 g/mol. The van der Waals surface area contributed by atoms with Crippen LogP contribution in [-0.4, -0.2) is 18.2 Å². The van der Waals surface area contributed by atoms with Crippen LogP contribution in [0.4, 0.5) is 13.2 Å². The molecule has 0 aromatic carbocycles. The van der Waals surface area contributed by atoms with E-state index >= 15 is 0 Å². The third kappa shape index (κ3) is 2.97. The van der Waals surface area contributed by atoms with Crippen molar-refractivity contribution in [2.24, 2.45) is 5.41 Å². The Bertz CT molecular complexity index is 344. The molecule has 0 aromatic rings. The van der Waals surface area contributed by atoms with Crippen LogP contribution in [-0.2, 0) is 4.74 Å². The van der Waals surface area contributed by atoms with Gasteiger partial charge in [-0.3, -0.25) is 0 Å². The van der Waals surface area contributed by atoms with Crippen molar-refractivity contribution < 1.29 is 17.9 Å². The minimum absolute atomic E-state index is 0.0335. The van der Waals surface area contributed by atoms with Gasteiger partial charge in [-0.1, -0.05) is 11.6 Å². The molecule has 0 heterocycles. The molecule has 0 saturated carbocycles.